The molecular weight excluding hydrogens is 363 g/mol. The van der Waals surface area contributed by atoms with E-state index in [1.807, 2.05) is 0 Å². The molecule has 6 heteroatoms. The summed E-state index contributed by atoms with van der Waals surface area (Å²) in [5.41, 5.74) is 0.304. The normalized spacial score (nSPS) is 10.4. The Morgan fingerprint density at radius 1 is 0.920 bits per heavy atom. The van der Waals surface area contributed by atoms with E-state index in [0.29, 0.717) is 11.6 Å². The van der Waals surface area contributed by atoms with E-state index in [2.05, 4.69) is 6.92 Å². The zero-order valence-corrected chi connectivity index (χ0v) is 15.3. The van der Waals surface area contributed by atoms with Gasteiger partial charge in [0.1, 0.15) is 5.75 Å². The molecule has 0 atom stereocenters. The van der Waals surface area contributed by atoms with E-state index in [1.165, 1.54) is 30.3 Å². The van der Waals surface area contributed by atoms with Crippen LogP contribution in [0.5, 0.6) is 5.75 Å². The maximum Gasteiger partial charge on any atom is 0.344 e. The highest BCUT2D eigenvalue weighted by molar-refractivity contribution is 6.42. The Bertz CT molecular complexity index is 759. The Balaban J connectivity index is 2.11. The van der Waals surface area contributed by atoms with Crippen LogP contribution in [0.25, 0.3) is 0 Å². The highest BCUT2D eigenvalue weighted by Gasteiger charge is 2.19. The van der Waals surface area contributed by atoms with Crippen molar-refractivity contribution in [1.82, 2.24) is 0 Å². The number of hydrogen-bond donors (Lipinski definition) is 0. The summed E-state index contributed by atoms with van der Waals surface area (Å²) in [6.45, 7) is 2.39. The molecule has 2 aromatic carbocycles. The van der Waals surface area contributed by atoms with Crippen LogP contribution in [0.4, 0.5) is 0 Å². The first kappa shape index (κ1) is 19.3. The maximum atomic E-state index is 12.4. The Hall–Kier alpha value is -2.04. The Morgan fingerprint density at radius 2 is 1.60 bits per heavy atom. The van der Waals surface area contributed by atoms with Crippen molar-refractivity contribution in [3.8, 4) is 5.75 Å². The lowest BCUT2D eigenvalue weighted by molar-refractivity contribution is 0.0490. The molecule has 0 aliphatic carbocycles. The van der Waals surface area contributed by atoms with Crippen molar-refractivity contribution in [2.45, 2.75) is 26.2 Å². The lowest BCUT2D eigenvalue weighted by Gasteiger charge is -2.10. The van der Waals surface area contributed by atoms with Crippen molar-refractivity contribution in [3.63, 3.8) is 0 Å². The lowest BCUT2D eigenvalue weighted by Crippen LogP contribution is -2.16. The average Bonchev–Trinajstić information content (AvgIpc) is 2.61. The molecule has 0 spiro atoms. The minimum absolute atomic E-state index is 0.133. The summed E-state index contributed by atoms with van der Waals surface area (Å²) in [4.78, 5) is 24.6. The minimum atomic E-state index is -0.667. The molecule has 0 saturated carbocycles. The van der Waals surface area contributed by atoms with E-state index in [1.54, 1.807) is 12.1 Å². The molecule has 0 radical (unpaired) electrons. The van der Waals surface area contributed by atoms with E-state index < -0.39 is 11.9 Å². The van der Waals surface area contributed by atoms with Crippen molar-refractivity contribution < 1.29 is 19.1 Å². The fraction of sp³-hybridized carbons (Fsp3) is 0.263. The number of unbranched alkanes of at least 4 members (excludes halogenated alkanes) is 2. The molecule has 0 aromatic heterocycles. The van der Waals surface area contributed by atoms with Gasteiger partial charge >= 0.3 is 11.9 Å². The zero-order chi connectivity index (χ0) is 18.2. The molecule has 0 unspecified atom stereocenters. The second-order valence-corrected chi connectivity index (χ2v) is 6.17. The zero-order valence-electron chi connectivity index (χ0n) is 13.8. The van der Waals surface area contributed by atoms with E-state index in [-0.39, 0.29) is 21.9 Å². The van der Waals surface area contributed by atoms with Gasteiger partial charge in [-0.3, -0.25) is 0 Å². The van der Waals surface area contributed by atoms with Crippen molar-refractivity contribution in [3.05, 3.63) is 63.6 Å². The fourth-order valence-electron chi connectivity index (χ4n) is 2.14. The third kappa shape index (κ3) is 5.48. The lowest BCUT2D eigenvalue weighted by atomic mass is 10.1. The maximum absolute atomic E-state index is 12.4. The van der Waals surface area contributed by atoms with Gasteiger partial charge in [0.2, 0.25) is 0 Å². The quantitative estimate of drug-likeness (QED) is 0.358. The number of rotatable bonds is 7. The number of ether oxygens (including phenoxy) is 2. The monoisotopic (exact) mass is 380 g/mol. The molecule has 0 bridgehead atoms. The highest BCUT2D eigenvalue weighted by atomic mass is 35.5. The average molecular weight is 381 g/mol. The topological polar surface area (TPSA) is 52.6 Å². The minimum Gasteiger partial charge on any atom is -0.462 e. The van der Waals surface area contributed by atoms with Crippen molar-refractivity contribution in [1.29, 1.82) is 0 Å². The van der Waals surface area contributed by atoms with E-state index >= 15 is 0 Å². The summed E-state index contributed by atoms with van der Waals surface area (Å²) < 4.78 is 10.5. The first-order valence-electron chi connectivity index (χ1n) is 7.96. The van der Waals surface area contributed by atoms with Crippen LogP contribution in [0, 0.1) is 0 Å². The fourth-order valence-corrected chi connectivity index (χ4v) is 2.42. The highest BCUT2D eigenvalue weighted by Crippen LogP contribution is 2.27. The van der Waals surface area contributed by atoms with Crippen LogP contribution in [0.15, 0.2) is 42.5 Å². The smallest absolute Gasteiger partial charge is 0.344 e. The summed E-state index contributed by atoms with van der Waals surface area (Å²) in [6.07, 6.45) is 2.80. The van der Waals surface area contributed by atoms with Gasteiger partial charge in [0.25, 0.3) is 0 Å². The number of carbonyl (C=O) groups excluding carboxylic acids is 2. The Kier molecular flexibility index (Phi) is 7.29. The second kappa shape index (κ2) is 9.44. The molecule has 0 aliphatic heterocycles. The molecule has 0 heterocycles. The number of benzene rings is 2. The summed E-state index contributed by atoms with van der Waals surface area (Å²) >= 11 is 11.7. The SMILES string of the molecule is CCCCCOC(=O)c1ccccc1C(=O)Oc1ccc(Cl)c(Cl)c1. The van der Waals surface area contributed by atoms with Crippen LogP contribution in [0.3, 0.4) is 0 Å². The first-order valence-corrected chi connectivity index (χ1v) is 8.72. The van der Waals surface area contributed by atoms with Crippen LogP contribution >= 0.6 is 23.2 Å². The third-order valence-electron chi connectivity index (χ3n) is 3.45. The Labute approximate surface area is 156 Å². The van der Waals surface area contributed by atoms with Crippen molar-refractivity contribution in [2.24, 2.45) is 0 Å². The van der Waals surface area contributed by atoms with Crippen molar-refractivity contribution in [2.75, 3.05) is 6.61 Å². The van der Waals surface area contributed by atoms with E-state index in [9.17, 15) is 9.59 Å². The van der Waals surface area contributed by atoms with Gasteiger partial charge in [-0.1, -0.05) is 55.1 Å². The molecule has 2 aromatic rings. The molecular formula is C19H18Cl2O4. The second-order valence-electron chi connectivity index (χ2n) is 5.35. The predicted octanol–water partition coefficient (Wildman–Crippen LogP) is 5.56. The van der Waals surface area contributed by atoms with Gasteiger partial charge in [-0.05, 0) is 30.7 Å². The van der Waals surface area contributed by atoms with Gasteiger partial charge < -0.3 is 9.47 Å². The standard InChI is InChI=1S/C19H18Cl2O4/c1-2-3-6-11-24-18(22)14-7-4-5-8-15(14)19(23)25-13-9-10-16(20)17(21)12-13/h4-5,7-10,12H,2-3,6,11H2,1H3. The predicted molar refractivity (Wildman–Crippen MR) is 97.7 cm³/mol. The molecule has 2 rings (SSSR count). The van der Waals surface area contributed by atoms with Gasteiger partial charge in [0.15, 0.2) is 0 Å². The molecule has 0 fully saturated rings. The first-order chi connectivity index (χ1) is 12.0. The summed E-state index contributed by atoms with van der Waals surface area (Å²) in [5.74, 6) is -0.970. The Morgan fingerprint density at radius 3 is 2.24 bits per heavy atom. The van der Waals surface area contributed by atoms with E-state index in [4.69, 9.17) is 32.7 Å². The van der Waals surface area contributed by atoms with Crippen LogP contribution < -0.4 is 4.74 Å². The van der Waals surface area contributed by atoms with Crippen LogP contribution in [-0.4, -0.2) is 18.5 Å². The molecule has 0 N–H and O–H groups in total. The van der Waals surface area contributed by atoms with Crippen molar-refractivity contribution >= 4 is 35.1 Å². The van der Waals surface area contributed by atoms with E-state index in [0.717, 1.165) is 19.3 Å². The molecule has 4 nitrogen and oxygen atoms in total. The van der Waals surface area contributed by atoms with Gasteiger partial charge in [-0.15, -0.1) is 0 Å². The van der Waals surface area contributed by atoms with Crippen LogP contribution in [0.1, 0.15) is 46.9 Å². The van der Waals surface area contributed by atoms with Crippen LogP contribution in [-0.2, 0) is 4.74 Å². The third-order valence-corrected chi connectivity index (χ3v) is 4.19. The summed E-state index contributed by atoms with van der Waals surface area (Å²) in [7, 11) is 0. The molecule has 25 heavy (non-hydrogen) atoms. The summed E-state index contributed by atoms with van der Waals surface area (Å²) in [5, 5.41) is 0.633. The molecule has 0 aliphatic rings. The molecule has 0 amide bonds. The number of carbonyl (C=O) groups is 2. The number of esters is 2. The number of hydrogen-bond acceptors (Lipinski definition) is 4. The van der Waals surface area contributed by atoms with Crippen LogP contribution in [0.2, 0.25) is 10.0 Å². The molecule has 0 saturated heterocycles. The molecule has 132 valence electrons. The van der Waals surface area contributed by atoms with Gasteiger partial charge in [-0.25, -0.2) is 9.59 Å². The summed E-state index contributed by atoms with van der Waals surface area (Å²) in [6, 6.07) is 10.9. The number of halogens is 2. The largest absolute Gasteiger partial charge is 0.462 e. The van der Waals surface area contributed by atoms with Gasteiger partial charge in [-0.2, -0.15) is 0 Å². The van der Waals surface area contributed by atoms with Gasteiger partial charge in [0, 0.05) is 6.07 Å². The van der Waals surface area contributed by atoms with Gasteiger partial charge in [0.05, 0.1) is 27.8 Å².